The minimum atomic E-state index is -4.65. The molecule has 1 atom stereocenters. The van der Waals surface area contributed by atoms with Crippen LogP contribution in [-0.2, 0) is 4.57 Å². The number of hydrogen-bond donors (Lipinski definition) is 3. The van der Waals surface area contributed by atoms with Gasteiger partial charge in [0.25, 0.3) is 5.69 Å². The van der Waals surface area contributed by atoms with E-state index in [0.717, 1.165) is 22.8 Å². The molecule has 0 fully saturated rings. The van der Waals surface area contributed by atoms with Gasteiger partial charge in [-0.2, -0.15) is 0 Å². The molecule has 78 valence electrons. The van der Waals surface area contributed by atoms with E-state index < -0.39 is 18.4 Å². The zero-order valence-electron chi connectivity index (χ0n) is 6.60. The van der Waals surface area contributed by atoms with Crippen molar-refractivity contribution in [2.24, 2.45) is 0 Å². The minimum absolute atomic E-state index is 0.120. The Bertz CT molecular complexity index is 397. The van der Waals surface area contributed by atoms with Gasteiger partial charge in [0.1, 0.15) is 0 Å². The zero-order valence-corrected chi connectivity index (χ0v) is 8.31. The van der Waals surface area contributed by atoms with Gasteiger partial charge in [0.15, 0.2) is 5.85 Å². The number of nitrogens with zero attached hydrogens (tertiary/aromatic N) is 1. The van der Waals surface area contributed by atoms with E-state index >= 15 is 0 Å². The summed E-state index contributed by atoms with van der Waals surface area (Å²) in [7, 11) is -4.65. The van der Waals surface area contributed by atoms with Gasteiger partial charge in [-0.15, -0.1) is 11.3 Å². The lowest BCUT2D eigenvalue weighted by atomic mass is 10.4. The van der Waals surface area contributed by atoms with Crippen LogP contribution in [-0.4, -0.2) is 19.8 Å². The van der Waals surface area contributed by atoms with Crippen molar-refractivity contribution in [1.29, 1.82) is 0 Å². The fraction of sp³-hybridized carbons (Fsp3) is 0.200. The molecule has 0 amide bonds. The van der Waals surface area contributed by atoms with Gasteiger partial charge in [-0.25, -0.2) is 0 Å². The molecule has 0 radical (unpaired) electrons. The number of nitro groups is 1. The van der Waals surface area contributed by atoms with Gasteiger partial charge in [-0.3, -0.25) is 14.7 Å². The van der Waals surface area contributed by atoms with Crippen molar-refractivity contribution < 1.29 is 24.4 Å². The summed E-state index contributed by atoms with van der Waals surface area (Å²) in [5, 5.41) is 20.4. The normalized spacial score (nSPS) is 13.9. The fourth-order valence-electron chi connectivity index (χ4n) is 0.739. The summed E-state index contributed by atoms with van der Waals surface area (Å²) in [5.41, 5.74) is -0.294. The third-order valence-electron chi connectivity index (χ3n) is 1.39. The lowest BCUT2D eigenvalue weighted by Crippen LogP contribution is -1.95. The van der Waals surface area contributed by atoms with Gasteiger partial charge in [0.2, 0.25) is 0 Å². The van der Waals surface area contributed by atoms with E-state index in [-0.39, 0.29) is 10.6 Å². The summed E-state index contributed by atoms with van der Waals surface area (Å²) in [6.45, 7) is 0. The molecule has 9 heteroatoms. The molecule has 1 aromatic rings. The smallest absolute Gasteiger partial charge is 0.359 e. The van der Waals surface area contributed by atoms with Crippen LogP contribution in [0.15, 0.2) is 11.4 Å². The SMILES string of the molecule is O=[N+]([O-])c1csc(C(O)P(=O)(O)O)c1. The van der Waals surface area contributed by atoms with Crippen LogP contribution in [0.4, 0.5) is 5.69 Å². The predicted molar refractivity (Wildman–Crippen MR) is 48.0 cm³/mol. The Morgan fingerprint density at radius 2 is 2.14 bits per heavy atom. The van der Waals surface area contributed by atoms with Crippen LogP contribution in [0.5, 0.6) is 0 Å². The highest BCUT2D eigenvalue weighted by atomic mass is 32.1. The molecule has 14 heavy (non-hydrogen) atoms. The molecule has 1 rings (SSSR count). The third kappa shape index (κ3) is 2.37. The summed E-state index contributed by atoms with van der Waals surface area (Å²) < 4.78 is 10.6. The maximum absolute atomic E-state index is 10.6. The summed E-state index contributed by atoms with van der Waals surface area (Å²) in [4.78, 5) is 26.6. The Balaban J connectivity index is 2.98. The number of rotatable bonds is 3. The lowest BCUT2D eigenvalue weighted by Gasteiger charge is -2.08. The first kappa shape index (κ1) is 11.3. The van der Waals surface area contributed by atoms with E-state index in [1.54, 1.807) is 0 Å². The van der Waals surface area contributed by atoms with Gasteiger partial charge in [-0.05, 0) is 0 Å². The van der Waals surface area contributed by atoms with Crippen LogP contribution in [0, 0.1) is 10.1 Å². The number of thiophene rings is 1. The first-order chi connectivity index (χ1) is 6.32. The van der Waals surface area contributed by atoms with Crippen molar-refractivity contribution in [3.63, 3.8) is 0 Å². The second-order valence-electron chi connectivity index (χ2n) is 2.43. The van der Waals surface area contributed by atoms with Crippen molar-refractivity contribution >= 4 is 24.6 Å². The number of aliphatic hydroxyl groups excluding tert-OH is 1. The molecule has 0 aliphatic rings. The summed E-state index contributed by atoms with van der Waals surface area (Å²) >= 11 is 0.729. The molecular weight excluding hydrogens is 233 g/mol. The molecule has 0 bridgehead atoms. The van der Waals surface area contributed by atoms with Crippen LogP contribution in [0.25, 0.3) is 0 Å². The molecule has 0 aliphatic carbocycles. The monoisotopic (exact) mass is 239 g/mol. The molecule has 0 spiro atoms. The maximum atomic E-state index is 10.6. The van der Waals surface area contributed by atoms with E-state index in [1.165, 1.54) is 0 Å². The molecule has 1 heterocycles. The molecule has 0 saturated carbocycles. The van der Waals surface area contributed by atoms with Crippen molar-refractivity contribution in [1.82, 2.24) is 0 Å². The Labute approximate surface area is 81.9 Å². The second-order valence-corrected chi connectivity index (χ2v) is 5.04. The molecule has 0 aliphatic heterocycles. The Kier molecular flexibility index (Phi) is 3.03. The van der Waals surface area contributed by atoms with Gasteiger partial charge in [0, 0.05) is 6.07 Å². The zero-order chi connectivity index (χ0) is 10.9. The Hall–Kier alpha value is -0.790. The van der Waals surface area contributed by atoms with Gasteiger partial charge < -0.3 is 14.9 Å². The van der Waals surface area contributed by atoms with Crippen molar-refractivity contribution in [3.05, 3.63) is 26.4 Å². The Morgan fingerprint density at radius 1 is 1.57 bits per heavy atom. The molecule has 7 nitrogen and oxygen atoms in total. The molecule has 3 N–H and O–H groups in total. The van der Waals surface area contributed by atoms with Crippen molar-refractivity contribution in [2.45, 2.75) is 5.85 Å². The predicted octanol–water partition coefficient (Wildman–Crippen LogP) is 0.825. The quantitative estimate of drug-likeness (QED) is 0.408. The standard InChI is InChI=1S/C5H6NO6PS/c7-5(13(10,11)12)4-1-3(2-14-4)6(8)9/h1-2,5,7H,(H2,10,11,12). The highest BCUT2D eigenvalue weighted by molar-refractivity contribution is 7.52. The maximum Gasteiger partial charge on any atom is 0.359 e. The van der Waals surface area contributed by atoms with Crippen LogP contribution >= 0.6 is 18.9 Å². The Morgan fingerprint density at radius 3 is 2.50 bits per heavy atom. The topological polar surface area (TPSA) is 121 Å². The first-order valence-electron chi connectivity index (χ1n) is 3.28. The van der Waals surface area contributed by atoms with E-state index in [9.17, 15) is 14.7 Å². The lowest BCUT2D eigenvalue weighted by molar-refractivity contribution is -0.384. The second kappa shape index (κ2) is 3.76. The van der Waals surface area contributed by atoms with Crippen LogP contribution < -0.4 is 0 Å². The third-order valence-corrected chi connectivity index (χ3v) is 3.45. The summed E-state index contributed by atoms with van der Waals surface area (Å²) in [6.07, 6.45) is 0. The average Bonchev–Trinajstić information content (AvgIpc) is 2.48. The molecule has 0 saturated heterocycles. The average molecular weight is 239 g/mol. The first-order valence-corrected chi connectivity index (χ1v) is 5.84. The summed E-state index contributed by atoms with van der Waals surface area (Å²) in [5.74, 6) is -1.98. The molecule has 1 aromatic heterocycles. The van der Waals surface area contributed by atoms with Crippen molar-refractivity contribution in [2.75, 3.05) is 0 Å². The number of hydrogen-bond acceptors (Lipinski definition) is 5. The van der Waals surface area contributed by atoms with Gasteiger partial charge in [0.05, 0.1) is 15.2 Å². The number of aliphatic hydroxyl groups is 1. The van der Waals surface area contributed by atoms with Crippen LogP contribution in [0.2, 0.25) is 0 Å². The molecule has 0 aromatic carbocycles. The van der Waals surface area contributed by atoms with Gasteiger partial charge in [-0.1, -0.05) is 0 Å². The minimum Gasteiger partial charge on any atom is -0.376 e. The largest absolute Gasteiger partial charge is 0.376 e. The highest BCUT2D eigenvalue weighted by Crippen LogP contribution is 2.51. The van der Waals surface area contributed by atoms with E-state index in [1.807, 2.05) is 0 Å². The van der Waals surface area contributed by atoms with E-state index in [4.69, 9.17) is 14.9 Å². The summed E-state index contributed by atoms with van der Waals surface area (Å²) in [6, 6.07) is 0.939. The van der Waals surface area contributed by atoms with E-state index in [2.05, 4.69) is 0 Å². The van der Waals surface area contributed by atoms with Crippen LogP contribution in [0.3, 0.4) is 0 Å². The van der Waals surface area contributed by atoms with Crippen LogP contribution in [0.1, 0.15) is 10.7 Å². The molecule has 1 unspecified atom stereocenters. The van der Waals surface area contributed by atoms with Gasteiger partial charge >= 0.3 is 7.60 Å². The molecular formula is C5H6NO6PS. The van der Waals surface area contributed by atoms with E-state index in [0.29, 0.717) is 0 Å². The fourth-order valence-corrected chi connectivity index (χ4v) is 2.46. The highest BCUT2D eigenvalue weighted by Gasteiger charge is 2.30. The van der Waals surface area contributed by atoms with Crippen molar-refractivity contribution in [3.8, 4) is 0 Å².